The van der Waals surface area contributed by atoms with Crippen molar-refractivity contribution in [2.45, 2.75) is 12.2 Å². The van der Waals surface area contributed by atoms with Crippen molar-refractivity contribution < 1.29 is 52.3 Å². The molecule has 0 radical (unpaired) electrons. The van der Waals surface area contributed by atoms with E-state index in [0.717, 1.165) is 12.7 Å². The fourth-order valence-electron chi connectivity index (χ4n) is 3.38. The zero-order valence-electron chi connectivity index (χ0n) is 21.8. The van der Waals surface area contributed by atoms with Gasteiger partial charge in [0.05, 0.1) is 43.0 Å². The Kier molecular flexibility index (Phi) is 9.44. The number of carbonyl (C=O) groups excluding carboxylic acids is 1. The van der Waals surface area contributed by atoms with Gasteiger partial charge in [-0.3, -0.25) is 10.1 Å². The van der Waals surface area contributed by atoms with E-state index in [-0.39, 0.29) is 55.3 Å². The normalized spacial score (nSPS) is 16.9. The number of ether oxygens (including phenoxy) is 9. The molecule has 0 bridgehead atoms. The number of epoxide rings is 2. The van der Waals surface area contributed by atoms with Crippen LogP contribution in [0.3, 0.4) is 0 Å². The number of benzene rings is 3. The van der Waals surface area contributed by atoms with Crippen LogP contribution >= 0.6 is 0 Å². The first-order valence-corrected chi connectivity index (χ1v) is 12.6. The Hall–Kier alpha value is -4.43. The first kappa shape index (κ1) is 28.1. The van der Waals surface area contributed by atoms with E-state index >= 15 is 0 Å². The molecule has 2 aliphatic heterocycles. The molecule has 0 N–H and O–H groups in total. The smallest absolute Gasteiger partial charge is 0.343 e. The molecule has 2 heterocycles. The van der Waals surface area contributed by atoms with E-state index in [1.165, 1.54) is 24.3 Å². The molecule has 0 aromatic heterocycles. The minimum absolute atomic E-state index is 0.0183. The molecule has 216 valence electrons. The molecule has 2 fully saturated rings. The van der Waals surface area contributed by atoms with Crippen LogP contribution in [-0.2, 0) is 18.9 Å². The summed E-state index contributed by atoms with van der Waals surface area (Å²) in [5, 5.41) is 11.6. The molecular weight excluding hydrogens is 542 g/mol. The number of nitro benzene ring substituents is 1. The maximum Gasteiger partial charge on any atom is 0.343 e. The molecule has 2 saturated heterocycles. The van der Waals surface area contributed by atoms with Crippen molar-refractivity contribution >= 4 is 11.7 Å². The molecule has 0 amide bonds. The molecule has 0 aliphatic carbocycles. The van der Waals surface area contributed by atoms with E-state index in [0.29, 0.717) is 37.1 Å². The van der Waals surface area contributed by atoms with Gasteiger partial charge in [0, 0.05) is 0 Å². The lowest BCUT2D eigenvalue weighted by molar-refractivity contribution is -0.386. The van der Waals surface area contributed by atoms with Gasteiger partial charge in [0.2, 0.25) is 12.5 Å². The van der Waals surface area contributed by atoms with E-state index in [1.807, 2.05) is 0 Å². The van der Waals surface area contributed by atoms with E-state index in [9.17, 15) is 14.9 Å². The molecule has 2 aliphatic rings. The maximum absolute atomic E-state index is 12.5. The van der Waals surface area contributed by atoms with Crippen molar-refractivity contribution in [1.29, 1.82) is 0 Å². The minimum atomic E-state index is -0.694. The van der Waals surface area contributed by atoms with Crippen molar-refractivity contribution in [3.8, 4) is 28.7 Å². The van der Waals surface area contributed by atoms with Gasteiger partial charge in [-0.15, -0.1) is 0 Å². The highest BCUT2D eigenvalue weighted by Crippen LogP contribution is 2.32. The van der Waals surface area contributed by atoms with Crippen molar-refractivity contribution in [2.75, 3.05) is 46.8 Å². The van der Waals surface area contributed by atoms with Gasteiger partial charge in [-0.1, -0.05) is 0 Å². The van der Waals surface area contributed by atoms with Crippen LogP contribution in [0.15, 0.2) is 66.7 Å². The standard InChI is InChI=1S/C28H27NO12/c30-28(19-1-3-20(4-2-19)37-16-33-12-24-14-35-24)41-23-9-10-27(26(11-23)29(31)32)40-18-39-22-7-5-21(6-8-22)38-17-34-13-25-15-36-25/h1-11,24-25H,12-18H2. The summed E-state index contributed by atoms with van der Waals surface area (Å²) < 4.78 is 47.9. The molecule has 13 heteroatoms. The third-order valence-corrected chi connectivity index (χ3v) is 5.72. The van der Waals surface area contributed by atoms with Gasteiger partial charge >= 0.3 is 11.7 Å². The SMILES string of the molecule is O=C(Oc1ccc(OCOc2ccc(OCOCC3CO3)cc2)c([N+](=O)[O-])c1)c1ccc(OCOCC2CO2)cc1. The number of hydrogen-bond acceptors (Lipinski definition) is 12. The quantitative estimate of drug-likeness (QED) is 0.0443. The topological polar surface area (TPSA) is 150 Å². The lowest BCUT2D eigenvalue weighted by Gasteiger charge is -2.11. The second kappa shape index (κ2) is 13.8. The van der Waals surface area contributed by atoms with E-state index in [4.69, 9.17) is 42.6 Å². The monoisotopic (exact) mass is 569 g/mol. The lowest BCUT2D eigenvalue weighted by Crippen LogP contribution is -2.10. The van der Waals surface area contributed by atoms with Crippen LogP contribution in [0.5, 0.6) is 28.7 Å². The van der Waals surface area contributed by atoms with Gasteiger partial charge in [0.15, 0.2) is 13.6 Å². The van der Waals surface area contributed by atoms with Gasteiger partial charge in [-0.05, 0) is 60.7 Å². The van der Waals surface area contributed by atoms with Gasteiger partial charge in [0.25, 0.3) is 0 Å². The van der Waals surface area contributed by atoms with Crippen LogP contribution < -0.4 is 23.7 Å². The first-order chi connectivity index (χ1) is 20.0. The Morgan fingerprint density at radius 1 is 0.732 bits per heavy atom. The van der Waals surface area contributed by atoms with Crippen molar-refractivity contribution in [3.05, 3.63) is 82.4 Å². The molecule has 0 spiro atoms. The summed E-state index contributed by atoms with van der Waals surface area (Å²) in [7, 11) is 0. The minimum Gasteiger partial charge on any atom is -0.468 e. The first-order valence-electron chi connectivity index (χ1n) is 12.6. The average Bonchev–Trinajstić information content (AvgIpc) is 3.91. The summed E-state index contributed by atoms with van der Waals surface area (Å²) in [5.41, 5.74) is -0.155. The van der Waals surface area contributed by atoms with Crippen molar-refractivity contribution in [1.82, 2.24) is 0 Å². The van der Waals surface area contributed by atoms with Crippen LogP contribution in [0.1, 0.15) is 10.4 Å². The Morgan fingerprint density at radius 2 is 1.22 bits per heavy atom. The number of rotatable bonds is 17. The van der Waals surface area contributed by atoms with Crippen LogP contribution in [0.2, 0.25) is 0 Å². The van der Waals surface area contributed by atoms with Crippen LogP contribution in [0.25, 0.3) is 0 Å². The maximum atomic E-state index is 12.5. The molecule has 13 nitrogen and oxygen atoms in total. The fourth-order valence-corrected chi connectivity index (χ4v) is 3.38. The van der Waals surface area contributed by atoms with Gasteiger partial charge in [0.1, 0.15) is 35.2 Å². The molecule has 0 saturated carbocycles. The molecule has 2 atom stereocenters. The Labute approximate surface area is 234 Å². The largest absolute Gasteiger partial charge is 0.468 e. The number of nitrogens with zero attached hydrogens (tertiary/aromatic N) is 1. The Bertz CT molecular complexity index is 1310. The van der Waals surface area contributed by atoms with Crippen LogP contribution in [0.4, 0.5) is 5.69 Å². The van der Waals surface area contributed by atoms with Crippen molar-refractivity contribution in [3.63, 3.8) is 0 Å². The second-order valence-electron chi connectivity index (χ2n) is 8.86. The van der Waals surface area contributed by atoms with Gasteiger partial charge < -0.3 is 42.6 Å². The summed E-state index contributed by atoms with van der Waals surface area (Å²) in [6.45, 7) is 2.24. The predicted octanol–water partition coefficient (Wildman–Crippen LogP) is 3.73. The highest BCUT2D eigenvalue weighted by Gasteiger charge is 2.23. The lowest BCUT2D eigenvalue weighted by atomic mass is 10.2. The summed E-state index contributed by atoms with van der Waals surface area (Å²) >= 11 is 0. The Morgan fingerprint density at radius 3 is 1.73 bits per heavy atom. The highest BCUT2D eigenvalue weighted by molar-refractivity contribution is 5.91. The van der Waals surface area contributed by atoms with Gasteiger partial charge in [-0.2, -0.15) is 0 Å². The number of esters is 1. The molecular formula is C28H27NO12. The van der Waals surface area contributed by atoms with Crippen molar-refractivity contribution in [2.24, 2.45) is 0 Å². The van der Waals surface area contributed by atoms with Gasteiger partial charge in [-0.25, -0.2) is 4.79 Å². The fraction of sp³-hybridized carbons (Fsp3) is 0.321. The zero-order valence-corrected chi connectivity index (χ0v) is 21.8. The third kappa shape index (κ3) is 9.05. The molecule has 3 aromatic rings. The second-order valence-corrected chi connectivity index (χ2v) is 8.86. The molecule has 2 unspecified atom stereocenters. The number of nitro groups is 1. The number of carbonyl (C=O) groups is 1. The Balaban J connectivity index is 1.07. The van der Waals surface area contributed by atoms with E-state index in [2.05, 4.69) is 0 Å². The van der Waals surface area contributed by atoms with Crippen LogP contribution in [-0.4, -0.2) is 69.9 Å². The van der Waals surface area contributed by atoms with E-state index < -0.39 is 10.9 Å². The molecule has 41 heavy (non-hydrogen) atoms. The average molecular weight is 570 g/mol. The predicted molar refractivity (Wildman–Crippen MR) is 139 cm³/mol. The summed E-state index contributed by atoms with van der Waals surface area (Å²) in [6.07, 6.45) is 0.308. The summed E-state index contributed by atoms with van der Waals surface area (Å²) in [5.74, 6) is 0.797. The summed E-state index contributed by atoms with van der Waals surface area (Å²) in [6, 6.07) is 16.8. The summed E-state index contributed by atoms with van der Waals surface area (Å²) in [4.78, 5) is 23.5. The molecule has 3 aromatic carbocycles. The van der Waals surface area contributed by atoms with Crippen LogP contribution in [0, 0.1) is 10.1 Å². The van der Waals surface area contributed by atoms with E-state index in [1.54, 1.807) is 36.4 Å². The molecule has 5 rings (SSSR count). The third-order valence-electron chi connectivity index (χ3n) is 5.72. The number of hydrogen-bond donors (Lipinski definition) is 0. The zero-order chi connectivity index (χ0) is 28.4. The highest BCUT2D eigenvalue weighted by atomic mass is 16.7.